The number of carbonyl (C=O) groups is 1. The van der Waals surface area contributed by atoms with E-state index in [0.29, 0.717) is 10.6 Å². The van der Waals surface area contributed by atoms with Crippen LogP contribution >= 0.6 is 11.6 Å². The van der Waals surface area contributed by atoms with Crippen LogP contribution in [-0.2, 0) is 19.1 Å². The van der Waals surface area contributed by atoms with Crippen LogP contribution in [0.15, 0.2) is 36.9 Å². The fourth-order valence-corrected chi connectivity index (χ4v) is 2.57. The fourth-order valence-electron chi connectivity index (χ4n) is 1.29. The summed E-state index contributed by atoms with van der Waals surface area (Å²) >= 11 is 5.70. The summed E-state index contributed by atoms with van der Waals surface area (Å²) in [6.45, 7) is 4.46. The molecule has 1 aromatic carbocycles. The standard InChI is InChI=1S/C11H11ClO4S/c1-3-11(17(14,15)16-8(2)13)9-4-6-10(12)7-5-9/h3-7,11H,1H2,2H3. The van der Waals surface area contributed by atoms with E-state index < -0.39 is 21.3 Å². The zero-order chi connectivity index (χ0) is 13.1. The van der Waals surface area contributed by atoms with Crippen molar-refractivity contribution in [1.29, 1.82) is 0 Å². The highest BCUT2D eigenvalue weighted by molar-refractivity contribution is 7.87. The number of hydrogen-bond acceptors (Lipinski definition) is 4. The van der Waals surface area contributed by atoms with Crippen molar-refractivity contribution in [3.05, 3.63) is 47.5 Å². The van der Waals surface area contributed by atoms with E-state index >= 15 is 0 Å². The SMILES string of the molecule is C=CC(c1ccc(Cl)cc1)S(=O)(=O)OC(C)=O. The first kappa shape index (κ1) is 13.7. The second kappa shape index (κ2) is 5.33. The van der Waals surface area contributed by atoms with Crippen molar-refractivity contribution in [1.82, 2.24) is 0 Å². The lowest BCUT2D eigenvalue weighted by Gasteiger charge is -2.12. The summed E-state index contributed by atoms with van der Waals surface area (Å²) in [5.41, 5.74) is 0.436. The van der Waals surface area contributed by atoms with Crippen molar-refractivity contribution >= 4 is 27.7 Å². The van der Waals surface area contributed by atoms with Crippen LogP contribution in [-0.4, -0.2) is 14.4 Å². The molecule has 0 saturated carbocycles. The summed E-state index contributed by atoms with van der Waals surface area (Å²) < 4.78 is 27.7. The summed E-state index contributed by atoms with van der Waals surface area (Å²) in [6, 6.07) is 6.18. The highest BCUT2D eigenvalue weighted by Gasteiger charge is 2.27. The Kier molecular flexibility index (Phi) is 4.31. The molecule has 1 aromatic rings. The fraction of sp³-hybridized carbons (Fsp3) is 0.182. The van der Waals surface area contributed by atoms with Crippen LogP contribution in [0.3, 0.4) is 0 Å². The van der Waals surface area contributed by atoms with E-state index in [1.807, 2.05) is 0 Å². The van der Waals surface area contributed by atoms with E-state index in [1.54, 1.807) is 12.1 Å². The van der Waals surface area contributed by atoms with Crippen LogP contribution in [0, 0.1) is 0 Å². The lowest BCUT2D eigenvalue weighted by Crippen LogP contribution is -2.17. The molecule has 0 bridgehead atoms. The van der Waals surface area contributed by atoms with Gasteiger partial charge in [0.1, 0.15) is 5.25 Å². The van der Waals surface area contributed by atoms with Gasteiger partial charge in [-0.1, -0.05) is 29.8 Å². The Balaban J connectivity index is 3.11. The molecule has 1 rings (SSSR count). The van der Waals surface area contributed by atoms with Crippen LogP contribution in [0.4, 0.5) is 0 Å². The number of benzene rings is 1. The zero-order valence-electron chi connectivity index (χ0n) is 9.09. The van der Waals surface area contributed by atoms with Gasteiger partial charge in [0.05, 0.1) is 0 Å². The molecule has 0 amide bonds. The van der Waals surface area contributed by atoms with Crippen molar-refractivity contribution < 1.29 is 17.4 Å². The second-order valence-electron chi connectivity index (χ2n) is 3.28. The maximum absolute atomic E-state index is 11.7. The molecule has 0 heterocycles. The normalized spacial score (nSPS) is 12.8. The molecule has 0 saturated heterocycles. The monoisotopic (exact) mass is 274 g/mol. The molecular formula is C11H11ClO4S. The van der Waals surface area contributed by atoms with Crippen LogP contribution < -0.4 is 0 Å². The third-order valence-electron chi connectivity index (χ3n) is 1.96. The highest BCUT2D eigenvalue weighted by Crippen LogP contribution is 2.26. The third kappa shape index (κ3) is 3.57. The lowest BCUT2D eigenvalue weighted by atomic mass is 10.1. The van der Waals surface area contributed by atoms with Gasteiger partial charge in [0, 0.05) is 11.9 Å². The summed E-state index contributed by atoms with van der Waals surface area (Å²) in [5, 5.41) is -0.606. The highest BCUT2D eigenvalue weighted by atomic mass is 35.5. The van der Waals surface area contributed by atoms with Crippen LogP contribution in [0.5, 0.6) is 0 Å². The molecule has 0 radical (unpaired) electrons. The predicted octanol–water partition coefficient (Wildman–Crippen LogP) is 2.46. The van der Waals surface area contributed by atoms with Crippen molar-refractivity contribution in [2.45, 2.75) is 12.2 Å². The molecular weight excluding hydrogens is 264 g/mol. The van der Waals surface area contributed by atoms with Gasteiger partial charge in [0.2, 0.25) is 0 Å². The van der Waals surface area contributed by atoms with Crippen molar-refractivity contribution in [2.24, 2.45) is 0 Å². The minimum absolute atomic E-state index is 0.436. The molecule has 6 heteroatoms. The number of rotatable bonds is 4. The minimum Gasteiger partial charge on any atom is -0.345 e. The first-order valence-corrected chi connectivity index (χ1v) is 6.53. The Labute approximate surface area is 105 Å². The first-order valence-electron chi connectivity index (χ1n) is 4.68. The quantitative estimate of drug-likeness (QED) is 0.625. The van der Waals surface area contributed by atoms with Crippen LogP contribution in [0.2, 0.25) is 5.02 Å². The Hall–Kier alpha value is -1.33. The van der Waals surface area contributed by atoms with Gasteiger partial charge in [-0.3, -0.25) is 4.79 Å². The number of hydrogen-bond donors (Lipinski definition) is 0. The second-order valence-corrected chi connectivity index (χ2v) is 5.37. The zero-order valence-corrected chi connectivity index (χ0v) is 10.7. The number of carbonyl (C=O) groups excluding carboxylic acids is 1. The minimum atomic E-state index is -4.05. The average molecular weight is 275 g/mol. The molecule has 0 spiro atoms. The Morgan fingerprint density at radius 1 is 1.41 bits per heavy atom. The maximum Gasteiger partial charge on any atom is 0.322 e. The Morgan fingerprint density at radius 3 is 2.35 bits per heavy atom. The van der Waals surface area contributed by atoms with E-state index in [9.17, 15) is 13.2 Å². The van der Waals surface area contributed by atoms with Gasteiger partial charge in [0.25, 0.3) is 0 Å². The third-order valence-corrected chi connectivity index (χ3v) is 3.76. The van der Waals surface area contributed by atoms with E-state index in [0.717, 1.165) is 6.92 Å². The molecule has 0 N–H and O–H groups in total. The van der Waals surface area contributed by atoms with Crippen molar-refractivity contribution in [3.63, 3.8) is 0 Å². The molecule has 0 aliphatic heterocycles. The molecule has 1 atom stereocenters. The van der Waals surface area contributed by atoms with Crippen LogP contribution in [0.1, 0.15) is 17.7 Å². The molecule has 0 aromatic heterocycles. The molecule has 0 fully saturated rings. The van der Waals surface area contributed by atoms with E-state index in [-0.39, 0.29) is 0 Å². The smallest absolute Gasteiger partial charge is 0.322 e. The van der Waals surface area contributed by atoms with Crippen molar-refractivity contribution in [3.8, 4) is 0 Å². The van der Waals surface area contributed by atoms with Gasteiger partial charge >= 0.3 is 16.1 Å². The molecule has 1 unspecified atom stereocenters. The topological polar surface area (TPSA) is 60.4 Å². The molecule has 0 aliphatic rings. The summed E-state index contributed by atoms with van der Waals surface area (Å²) in [7, 11) is -4.05. The van der Waals surface area contributed by atoms with Gasteiger partial charge in [-0.25, -0.2) is 0 Å². The first-order chi connectivity index (χ1) is 7.86. The van der Waals surface area contributed by atoms with Crippen molar-refractivity contribution in [2.75, 3.05) is 0 Å². The summed E-state index contributed by atoms with van der Waals surface area (Å²) in [5.74, 6) is -0.884. The van der Waals surface area contributed by atoms with Gasteiger partial charge < -0.3 is 4.18 Å². The Morgan fingerprint density at radius 2 is 1.94 bits per heavy atom. The lowest BCUT2D eigenvalue weighted by molar-refractivity contribution is -0.131. The van der Waals surface area contributed by atoms with Gasteiger partial charge in [-0.15, -0.1) is 6.58 Å². The number of halogens is 1. The summed E-state index contributed by atoms with van der Waals surface area (Å²) in [6.07, 6.45) is 1.20. The van der Waals surface area contributed by atoms with Gasteiger partial charge in [0.15, 0.2) is 0 Å². The molecule has 92 valence electrons. The van der Waals surface area contributed by atoms with E-state index in [1.165, 1.54) is 18.2 Å². The molecule has 4 nitrogen and oxygen atoms in total. The molecule has 17 heavy (non-hydrogen) atoms. The van der Waals surface area contributed by atoms with Gasteiger partial charge in [-0.05, 0) is 17.7 Å². The Bertz CT molecular complexity index is 519. The molecule has 0 aliphatic carbocycles. The van der Waals surface area contributed by atoms with E-state index in [2.05, 4.69) is 10.8 Å². The van der Waals surface area contributed by atoms with Gasteiger partial charge in [-0.2, -0.15) is 8.42 Å². The van der Waals surface area contributed by atoms with E-state index in [4.69, 9.17) is 11.6 Å². The average Bonchev–Trinajstić information content (AvgIpc) is 2.19. The van der Waals surface area contributed by atoms with Crippen LogP contribution in [0.25, 0.3) is 0 Å². The largest absolute Gasteiger partial charge is 0.345 e. The maximum atomic E-state index is 11.7. The predicted molar refractivity (Wildman–Crippen MR) is 65.1 cm³/mol. The summed E-state index contributed by atoms with van der Waals surface area (Å²) in [4.78, 5) is 10.7.